The standard InChI is InChI=1S/C23H28N4O3S/c1-16-7-8-19(30-16)23(29)27-13-11-26(12-14-27)10-9-21(28)25-22-18(15-24)17-5-3-2-4-6-20(17)31-22/h7-8H,2-6,9-14H2,1H3,(H,25,28). The maximum atomic E-state index is 12.5. The van der Waals surface area contributed by atoms with Crippen LogP contribution in [-0.4, -0.2) is 54.3 Å². The fraction of sp³-hybridized carbons (Fsp3) is 0.522. The van der Waals surface area contributed by atoms with Gasteiger partial charge in [-0.3, -0.25) is 14.5 Å². The van der Waals surface area contributed by atoms with Gasteiger partial charge in [0.15, 0.2) is 5.76 Å². The van der Waals surface area contributed by atoms with Gasteiger partial charge in [0.25, 0.3) is 5.91 Å². The molecular formula is C23H28N4O3S. The number of nitrogens with zero attached hydrogens (tertiary/aromatic N) is 3. The summed E-state index contributed by atoms with van der Waals surface area (Å²) in [5.41, 5.74) is 1.81. The summed E-state index contributed by atoms with van der Waals surface area (Å²) < 4.78 is 5.44. The van der Waals surface area contributed by atoms with Gasteiger partial charge in [0.1, 0.15) is 16.8 Å². The van der Waals surface area contributed by atoms with Crippen molar-refractivity contribution in [1.82, 2.24) is 9.80 Å². The summed E-state index contributed by atoms with van der Waals surface area (Å²) in [6.45, 7) is 5.17. The molecule has 2 aromatic heterocycles. The first-order valence-electron chi connectivity index (χ1n) is 11.0. The van der Waals surface area contributed by atoms with Gasteiger partial charge in [-0.25, -0.2) is 0 Å². The lowest BCUT2D eigenvalue weighted by Crippen LogP contribution is -2.49. The van der Waals surface area contributed by atoms with Gasteiger partial charge in [-0.2, -0.15) is 5.26 Å². The first-order valence-corrected chi connectivity index (χ1v) is 11.8. The minimum absolute atomic E-state index is 0.0579. The predicted molar refractivity (Wildman–Crippen MR) is 119 cm³/mol. The van der Waals surface area contributed by atoms with Crippen molar-refractivity contribution in [1.29, 1.82) is 5.26 Å². The van der Waals surface area contributed by atoms with E-state index in [1.54, 1.807) is 28.4 Å². The van der Waals surface area contributed by atoms with Gasteiger partial charge >= 0.3 is 0 Å². The maximum absolute atomic E-state index is 12.5. The van der Waals surface area contributed by atoms with Gasteiger partial charge in [0.05, 0.1) is 5.56 Å². The molecule has 8 heteroatoms. The van der Waals surface area contributed by atoms with E-state index in [0.29, 0.717) is 42.4 Å². The number of carbonyl (C=O) groups is 2. The molecule has 0 unspecified atom stereocenters. The molecule has 0 aromatic carbocycles. The van der Waals surface area contributed by atoms with Crippen molar-refractivity contribution in [3.8, 4) is 6.07 Å². The van der Waals surface area contributed by atoms with Gasteiger partial charge in [-0.05, 0) is 50.3 Å². The number of rotatable bonds is 5. The van der Waals surface area contributed by atoms with Gasteiger partial charge in [-0.1, -0.05) is 6.42 Å². The van der Waals surface area contributed by atoms with E-state index in [4.69, 9.17) is 4.42 Å². The SMILES string of the molecule is Cc1ccc(C(=O)N2CCN(CCC(=O)Nc3sc4c(c3C#N)CCCCC4)CC2)o1. The normalized spacial score (nSPS) is 17.0. The van der Waals surface area contributed by atoms with Gasteiger partial charge in [-0.15, -0.1) is 11.3 Å². The first kappa shape index (κ1) is 21.6. The van der Waals surface area contributed by atoms with Crippen LogP contribution >= 0.6 is 11.3 Å². The van der Waals surface area contributed by atoms with Crippen molar-refractivity contribution in [2.45, 2.75) is 45.4 Å². The summed E-state index contributed by atoms with van der Waals surface area (Å²) in [7, 11) is 0. The van der Waals surface area contributed by atoms with Crippen molar-refractivity contribution in [3.63, 3.8) is 0 Å². The first-order chi connectivity index (χ1) is 15.0. The van der Waals surface area contributed by atoms with Crippen molar-refractivity contribution >= 4 is 28.2 Å². The van der Waals surface area contributed by atoms with Crippen LogP contribution in [0.4, 0.5) is 5.00 Å². The number of hydrogen-bond acceptors (Lipinski definition) is 6. The minimum Gasteiger partial charge on any atom is -0.456 e. The van der Waals surface area contributed by atoms with E-state index in [-0.39, 0.29) is 11.8 Å². The topological polar surface area (TPSA) is 89.6 Å². The second kappa shape index (κ2) is 9.67. The molecule has 0 radical (unpaired) electrons. The van der Waals surface area contributed by atoms with Crippen molar-refractivity contribution in [3.05, 3.63) is 39.7 Å². The maximum Gasteiger partial charge on any atom is 0.289 e. The molecule has 2 aliphatic rings. The number of aryl methyl sites for hydroxylation is 2. The van der Waals surface area contributed by atoms with E-state index in [1.807, 2.05) is 6.92 Å². The molecule has 31 heavy (non-hydrogen) atoms. The number of furan rings is 1. The zero-order valence-corrected chi connectivity index (χ0v) is 18.7. The Morgan fingerprint density at radius 2 is 1.94 bits per heavy atom. The van der Waals surface area contributed by atoms with Crippen LogP contribution in [0.3, 0.4) is 0 Å². The lowest BCUT2D eigenvalue weighted by atomic mass is 10.1. The number of hydrogen-bond donors (Lipinski definition) is 1. The van der Waals surface area contributed by atoms with Crippen LogP contribution in [0.15, 0.2) is 16.5 Å². The second-order valence-corrected chi connectivity index (χ2v) is 9.33. The van der Waals surface area contributed by atoms with Gasteiger partial charge < -0.3 is 14.6 Å². The number of thiophene rings is 1. The Hall–Kier alpha value is -2.63. The van der Waals surface area contributed by atoms with E-state index >= 15 is 0 Å². The summed E-state index contributed by atoms with van der Waals surface area (Å²) in [5, 5.41) is 13.3. The molecule has 7 nitrogen and oxygen atoms in total. The van der Waals surface area contributed by atoms with Crippen LogP contribution in [0.25, 0.3) is 0 Å². The monoisotopic (exact) mass is 440 g/mol. The number of amides is 2. The van der Waals surface area contributed by atoms with Crippen molar-refractivity contribution < 1.29 is 14.0 Å². The summed E-state index contributed by atoms with van der Waals surface area (Å²) in [6.07, 6.45) is 5.78. The average Bonchev–Trinajstić information content (AvgIpc) is 3.27. The highest BCUT2D eigenvalue weighted by Crippen LogP contribution is 2.37. The van der Waals surface area contributed by atoms with Crippen molar-refractivity contribution in [2.75, 3.05) is 38.0 Å². The predicted octanol–water partition coefficient (Wildman–Crippen LogP) is 3.58. The molecule has 0 saturated carbocycles. The van der Waals surface area contributed by atoms with Gasteiger partial charge in [0.2, 0.25) is 5.91 Å². The molecule has 2 aromatic rings. The Kier molecular flexibility index (Phi) is 6.73. The molecule has 1 fully saturated rings. The molecule has 3 heterocycles. The minimum atomic E-state index is -0.0769. The number of nitrogens with one attached hydrogen (secondary N) is 1. The lowest BCUT2D eigenvalue weighted by molar-refractivity contribution is -0.116. The molecule has 1 aliphatic carbocycles. The lowest BCUT2D eigenvalue weighted by Gasteiger charge is -2.34. The van der Waals surface area contributed by atoms with Crippen LogP contribution in [0.1, 0.15) is 58.0 Å². The van der Waals surface area contributed by atoms with E-state index < -0.39 is 0 Å². The Morgan fingerprint density at radius 1 is 1.16 bits per heavy atom. The zero-order valence-electron chi connectivity index (χ0n) is 17.9. The molecule has 164 valence electrons. The smallest absolute Gasteiger partial charge is 0.289 e. The van der Waals surface area contributed by atoms with Crippen molar-refractivity contribution in [2.24, 2.45) is 0 Å². The third-order valence-electron chi connectivity index (χ3n) is 6.05. The van der Waals surface area contributed by atoms with Crippen LogP contribution in [-0.2, 0) is 17.6 Å². The highest BCUT2D eigenvalue weighted by molar-refractivity contribution is 7.16. The molecule has 1 aliphatic heterocycles. The Balaban J connectivity index is 1.26. The quantitative estimate of drug-likeness (QED) is 0.718. The van der Waals surface area contributed by atoms with Gasteiger partial charge in [0, 0.05) is 44.0 Å². The Labute approximate surface area is 186 Å². The molecular weight excluding hydrogens is 412 g/mol. The Bertz CT molecular complexity index is 995. The molecule has 0 atom stereocenters. The largest absolute Gasteiger partial charge is 0.456 e. The Morgan fingerprint density at radius 3 is 2.65 bits per heavy atom. The number of carbonyl (C=O) groups excluding carboxylic acids is 2. The highest BCUT2D eigenvalue weighted by Gasteiger charge is 2.25. The number of nitriles is 1. The van der Waals surface area contributed by atoms with E-state index in [1.165, 1.54) is 11.3 Å². The number of piperazine rings is 1. The summed E-state index contributed by atoms with van der Waals surface area (Å²) in [5.74, 6) is 0.979. The fourth-order valence-electron chi connectivity index (χ4n) is 4.28. The third-order valence-corrected chi connectivity index (χ3v) is 7.26. The van der Waals surface area contributed by atoms with Crippen LogP contribution < -0.4 is 5.32 Å². The fourth-order valence-corrected chi connectivity index (χ4v) is 5.53. The molecule has 2 amide bonds. The molecule has 0 spiro atoms. The van der Waals surface area contributed by atoms with Crippen LogP contribution in [0, 0.1) is 18.3 Å². The average molecular weight is 441 g/mol. The highest BCUT2D eigenvalue weighted by atomic mass is 32.1. The zero-order chi connectivity index (χ0) is 21.8. The summed E-state index contributed by atoms with van der Waals surface area (Å²) in [6, 6.07) is 5.83. The number of fused-ring (bicyclic) bond motifs is 1. The molecule has 1 N–H and O–H groups in total. The molecule has 1 saturated heterocycles. The number of anilines is 1. The molecule has 4 rings (SSSR count). The van der Waals surface area contributed by atoms with E-state index in [9.17, 15) is 14.9 Å². The van der Waals surface area contributed by atoms with E-state index in [0.717, 1.165) is 50.1 Å². The summed E-state index contributed by atoms with van der Waals surface area (Å²) >= 11 is 1.57. The van der Waals surface area contributed by atoms with Crippen LogP contribution in [0.5, 0.6) is 0 Å². The molecule has 0 bridgehead atoms. The second-order valence-electron chi connectivity index (χ2n) is 8.22. The van der Waals surface area contributed by atoms with E-state index in [2.05, 4.69) is 16.3 Å². The van der Waals surface area contributed by atoms with Crippen LogP contribution in [0.2, 0.25) is 0 Å². The third kappa shape index (κ3) is 5.00. The summed E-state index contributed by atoms with van der Waals surface area (Å²) in [4.78, 5) is 30.3.